The van der Waals surface area contributed by atoms with Gasteiger partial charge in [-0.15, -0.1) is 0 Å². The first-order chi connectivity index (χ1) is 7.69. The van der Waals surface area contributed by atoms with Crippen molar-refractivity contribution in [1.29, 1.82) is 0 Å². The van der Waals surface area contributed by atoms with E-state index >= 15 is 0 Å². The van der Waals surface area contributed by atoms with Crippen LogP contribution in [0.3, 0.4) is 0 Å². The van der Waals surface area contributed by atoms with Gasteiger partial charge in [-0.25, -0.2) is 4.98 Å². The largest absolute Gasteiger partial charge is 0.364 e. The van der Waals surface area contributed by atoms with Crippen molar-refractivity contribution < 1.29 is 0 Å². The minimum Gasteiger partial charge on any atom is -0.364 e. The molecule has 90 valence electrons. The Balaban J connectivity index is 2.57. The Hall–Kier alpha value is -1.36. The van der Waals surface area contributed by atoms with Crippen molar-refractivity contribution in [1.82, 2.24) is 14.5 Å². The van der Waals surface area contributed by atoms with Crippen LogP contribution in [-0.2, 0) is 6.54 Å². The van der Waals surface area contributed by atoms with Crippen LogP contribution >= 0.6 is 0 Å². The molecule has 0 aliphatic heterocycles. The van der Waals surface area contributed by atoms with E-state index in [0.717, 1.165) is 19.6 Å². The third-order valence-corrected chi connectivity index (χ3v) is 2.58. The van der Waals surface area contributed by atoms with Crippen LogP contribution in [-0.4, -0.2) is 41.1 Å². The monoisotopic (exact) mass is 224 g/mol. The van der Waals surface area contributed by atoms with E-state index in [-0.39, 0.29) is 5.56 Å². The standard InChI is InChI=1S/C11H20N4O/c1-4-14(3)8-6-12-10-11(16)15(5-2)9-7-13-10/h7,9H,4-6,8H2,1-3H3,(H,12,13). The van der Waals surface area contributed by atoms with Gasteiger partial charge in [0.15, 0.2) is 5.82 Å². The molecule has 0 amide bonds. The highest BCUT2D eigenvalue weighted by atomic mass is 16.1. The van der Waals surface area contributed by atoms with Gasteiger partial charge in [-0.2, -0.15) is 0 Å². The van der Waals surface area contributed by atoms with Gasteiger partial charge in [0.05, 0.1) is 0 Å². The number of hydrogen-bond donors (Lipinski definition) is 1. The Kier molecular flexibility index (Phi) is 4.98. The number of hydrogen-bond acceptors (Lipinski definition) is 4. The molecule has 16 heavy (non-hydrogen) atoms. The molecular weight excluding hydrogens is 204 g/mol. The minimum absolute atomic E-state index is 0.0517. The molecule has 0 fully saturated rings. The van der Waals surface area contributed by atoms with Crippen molar-refractivity contribution in [3.8, 4) is 0 Å². The Labute approximate surface area is 96.1 Å². The summed E-state index contributed by atoms with van der Waals surface area (Å²) in [5.74, 6) is 0.439. The smallest absolute Gasteiger partial charge is 0.293 e. The predicted molar refractivity (Wildman–Crippen MR) is 65.8 cm³/mol. The summed E-state index contributed by atoms with van der Waals surface area (Å²) < 4.78 is 1.64. The maximum absolute atomic E-state index is 11.8. The fourth-order valence-corrected chi connectivity index (χ4v) is 1.34. The maximum atomic E-state index is 11.8. The summed E-state index contributed by atoms with van der Waals surface area (Å²) in [6.45, 7) is 7.35. The Morgan fingerprint density at radius 1 is 1.50 bits per heavy atom. The quantitative estimate of drug-likeness (QED) is 0.770. The van der Waals surface area contributed by atoms with Crippen LogP contribution in [0.25, 0.3) is 0 Å². The van der Waals surface area contributed by atoms with E-state index in [1.54, 1.807) is 17.0 Å². The van der Waals surface area contributed by atoms with Gasteiger partial charge in [-0.05, 0) is 20.5 Å². The maximum Gasteiger partial charge on any atom is 0.293 e. The van der Waals surface area contributed by atoms with E-state index in [1.807, 2.05) is 14.0 Å². The van der Waals surface area contributed by atoms with Crippen LogP contribution in [0.1, 0.15) is 13.8 Å². The molecule has 0 aliphatic carbocycles. The highest BCUT2D eigenvalue weighted by Crippen LogP contribution is 1.92. The fraction of sp³-hybridized carbons (Fsp3) is 0.636. The summed E-state index contributed by atoms with van der Waals surface area (Å²) in [7, 11) is 2.05. The van der Waals surface area contributed by atoms with Crippen molar-refractivity contribution in [2.75, 3.05) is 32.0 Å². The summed E-state index contributed by atoms with van der Waals surface area (Å²) in [6.07, 6.45) is 3.35. The normalized spacial score (nSPS) is 10.8. The molecule has 0 saturated carbocycles. The predicted octanol–water partition coefficient (Wildman–Crippen LogP) is 0.627. The lowest BCUT2D eigenvalue weighted by Crippen LogP contribution is -2.29. The molecule has 1 N–H and O–H groups in total. The summed E-state index contributed by atoms with van der Waals surface area (Å²) in [5.41, 5.74) is -0.0517. The van der Waals surface area contributed by atoms with Crippen LogP contribution in [0.2, 0.25) is 0 Å². The van der Waals surface area contributed by atoms with Gasteiger partial charge in [-0.1, -0.05) is 6.92 Å². The van der Waals surface area contributed by atoms with Crippen LogP contribution < -0.4 is 10.9 Å². The van der Waals surface area contributed by atoms with Crippen LogP contribution in [0, 0.1) is 0 Å². The number of likely N-dealkylation sites (N-methyl/N-ethyl adjacent to an activating group) is 1. The summed E-state index contributed by atoms with van der Waals surface area (Å²) in [6, 6.07) is 0. The summed E-state index contributed by atoms with van der Waals surface area (Å²) in [5, 5.41) is 3.07. The van der Waals surface area contributed by atoms with Gasteiger partial charge in [0, 0.05) is 32.0 Å². The Bertz CT molecular complexity index is 374. The van der Waals surface area contributed by atoms with Gasteiger partial charge in [-0.3, -0.25) is 4.79 Å². The number of aryl methyl sites for hydroxylation is 1. The van der Waals surface area contributed by atoms with Gasteiger partial charge in [0.2, 0.25) is 0 Å². The van der Waals surface area contributed by atoms with E-state index in [9.17, 15) is 4.79 Å². The number of nitrogens with one attached hydrogen (secondary N) is 1. The van der Waals surface area contributed by atoms with Gasteiger partial charge >= 0.3 is 0 Å². The lowest BCUT2D eigenvalue weighted by Gasteiger charge is -2.14. The van der Waals surface area contributed by atoms with E-state index in [2.05, 4.69) is 22.1 Å². The SMILES string of the molecule is CCN(C)CCNc1nccn(CC)c1=O. The third-order valence-electron chi connectivity index (χ3n) is 2.58. The zero-order valence-electron chi connectivity index (χ0n) is 10.2. The molecule has 0 bridgehead atoms. The second kappa shape index (κ2) is 6.27. The molecule has 0 saturated heterocycles. The Morgan fingerprint density at radius 3 is 2.88 bits per heavy atom. The molecule has 0 aliphatic rings. The van der Waals surface area contributed by atoms with Crippen molar-refractivity contribution in [3.05, 3.63) is 22.7 Å². The molecule has 5 nitrogen and oxygen atoms in total. The van der Waals surface area contributed by atoms with Crippen LogP contribution in [0.4, 0.5) is 5.82 Å². The van der Waals surface area contributed by atoms with Gasteiger partial charge in [0.25, 0.3) is 5.56 Å². The van der Waals surface area contributed by atoms with E-state index in [4.69, 9.17) is 0 Å². The lowest BCUT2D eigenvalue weighted by molar-refractivity contribution is 0.367. The lowest BCUT2D eigenvalue weighted by atomic mass is 10.5. The van der Waals surface area contributed by atoms with E-state index in [0.29, 0.717) is 12.4 Å². The minimum atomic E-state index is -0.0517. The fourth-order valence-electron chi connectivity index (χ4n) is 1.34. The second-order valence-electron chi connectivity index (χ2n) is 3.69. The topological polar surface area (TPSA) is 50.2 Å². The molecule has 1 rings (SSSR count). The summed E-state index contributed by atoms with van der Waals surface area (Å²) in [4.78, 5) is 18.0. The highest BCUT2D eigenvalue weighted by molar-refractivity contribution is 5.30. The molecule has 5 heteroatoms. The first-order valence-corrected chi connectivity index (χ1v) is 5.66. The average molecular weight is 224 g/mol. The molecule has 0 spiro atoms. The van der Waals surface area contributed by atoms with Crippen LogP contribution in [0.5, 0.6) is 0 Å². The number of aromatic nitrogens is 2. The first kappa shape index (κ1) is 12.7. The number of rotatable bonds is 6. The molecule has 0 unspecified atom stereocenters. The van der Waals surface area contributed by atoms with Crippen molar-refractivity contribution in [2.24, 2.45) is 0 Å². The number of anilines is 1. The molecule has 0 aromatic carbocycles. The first-order valence-electron chi connectivity index (χ1n) is 5.66. The van der Waals surface area contributed by atoms with Crippen molar-refractivity contribution in [3.63, 3.8) is 0 Å². The molecule has 0 radical (unpaired) electrons. The Morgan fingerprint density at radius 2 is 2.25 bits per heavy atom. The van der Waals surface area contributed by atoms with Crippen LogP contribution in [0.15, 0.2) is 17.2 Å². The number of nitrogens with zero attached hydrogens (tertiary/aromatic N) is 3. The van der Waals surface area contributed by atoms with Gasteiger partial charge in [0.1, 0.15) is 0 Å². The molecule has 0 atom stereocenters. The van der Waals surface area contributed by atoms with Crippen molar-refractivity contribution in [2.45, 2.75) is 20.4 Å². The van der Waals surface area contributed by atoms with Crippen molar-refractivity contribution >= 4 is 5.82 Å². The van der Waals surface area contributed by atoms with E-state index in [1.165, 1.54) is 0 Å². The van der Waals surface area contributed by atoms with Gasteiger partial charge < -0.3 is 14.8 Å². The third kappa shape index (κ3) is 3.34. The van der Waals surface area contributed by atoms with E-state index < -0.39 is 0 Å². The zero-order valence-corrected chi connectivity index (χ0v) is 10.2. The summed E-state index contributed by atoms with van der Waals surface area (Å²) >= 11 is 0. The molecule has 1 aromatic heterocycles. The average Bonchev–Trinajstić information content (AvgIpc) is 2.31. The second-order valence-corrected chi connectivity index (χ2v) is 3.69. The highest BCUT2D eigenvalue weighted by Gasteiger charge is 2.02. The zero-order chi connectivity index (χ0) is 12.0. The molecule has 1 heterocycles. The molecule has 1 aromatic rings. The molecular formula is C11H20N4O.